The molecule has 6 heteroatoms. The summed E-state index contributed by atoms with van der Waals surface area (Å²) in [4.78, 5) is 24.3. The average Bonchev–Trinajstić information content (AvgIpc) is 2.49. The second kappa shape index (κ2) is 7.33. The quantitative estimate of drug-likeness (QED) is 0.682. The first-order chi connectivity index (χ1) is 10.5. The zero-order valence-electron chi connectivity index (χ0n) is 12.1. The van der Waals surface area contributed by atoms with Crippen molar-refractivity contribution in [3.63, 3.8) is 0 Å². The third kappa shape index (κ3) is 4.26. The lowest BCUT2D eigenvalue weighted by atomic mass is 10.2. The van der Waals surface area contributed by atoms with Crippen molar-refractivity contribution in [2.45, 2.75) is 16.7 Å². The van der Waals surface area contributed by atoms with Gasteiger partial charge in [0.15, 0.2) is 0 Å². The average molecular weight is 336 g/mol. The van der Waals surface area contributed by atoms with Gasteiger partial charge in [-0.2, -0.15) is 0 Å². The molecule has 0 aliphatic rings. The molecule has 0 spiro atoms. The fourth-order valence-electron chi connectivity index (χ4n) is 1.75. The first-order valence-corrected chi connectivity index (χ1v) is 7.67. The Labute approximate surface area is 137 Å². The van der Waals surface area contributed by atoms with E-state index >= 15 is 0 Å². The smallest absolute Gasteiger partial charge is 0.308 e. The first kappa shape index (κ1) is 16.4. The van der Waals surface area contributed by atoms with E-state index in [1.54, 1.807) is 37.4 Å². The third-order valence-corrected chi connectivity index (χ3v) is 4.01. The molecule has 0 aromatic heterocycles. The molecule has 2 aromatic carbocycles. The second-order valence-corrected chi connectivity index (χ2v) is 5.94. The molecule has 0 saturated heterocycles. The van der Waals surface area contributed by atoms with Crippen LogP contribution < -0.4 is 10.1 Å². The molecule has 0 radical (unpaired) electrons. The lowest BCUT2D eigenvalue weighted by molar-refractivity contribution is -0.132. The maximum absolute atomic E-state index is 11.5. The van der Waals surface area contributed by atoms with Crippen LogP contribution in [0.4, 0.5) is 0 Å². The number of nitrogens with one attached hydrogen (secondary N) is 1. The topological polar surface area (TPSA) is 55.4 Å². The number of amides is 1. The third-order valence-electron chi connectivity index (χ3n) is 2.73. The number of benzene rings is 2. The van der Waals surface area contributed by atoms with Crippen LogP contribution >= 0.6 is 23.4 Å². The summed E-state index contributed by atoms with van der Waals surface area (Å²) in [6, 6.07) is 12.2. The van der Waals surface area contributed by atoms with E-state index in [0.29, 0.717) is 16.3 Å². The fraction of sp³-hybridized carbons (Fsp3) is 0.125. The van der Waals surface area contributed by atoms with E-state index in [0.717, 1.165) is 9.79 Å². The minimum atomic E-state index is -0.390. The summed E-state index contributed by atoms with van der Waals surface area (Å²) in [7, 11) is 1.59. The van der Waals surface area contributed by atoms with Crippen molar-refractivity contribution in [3.05, 3.63) is 53.1 Å². The van der Waals surface area contributed by atoms with Gasteiger partial charge in [-0.05, 0) is 42.5 Å². The van der Waals surface area contributed by atoms with Gasteiger partial charge in [-0.1, -0.05) is 23.4 Å². The van der Waals surface area contributed by atoms with Crippen molar-refractivity contribution >= 4 is 35.2 Å². The highest BCUT2D eigenvalue weighted by molar-refractivity contribution is 7.99. The zero-order chi connectivity index (χ0) is 16.1. The number of hydrogen-bond acceptors (Lipinski definition) is 4. The zero-order valence-corrected chi connectivity index (χ0v) is 13.6. The molecule has 0 heterocycles. The number of esters is 1. The minimum absolute atomic E-state index is 0.139. The van der Waals surface area contributed by atoms with E-state index in [1.807, 2.05) is 12.1 Å². The van der Waals surface area contributed by atoms with Crippen LogP contribution in [0.25, 0.3) is 0 Å². The van der Waals surface area contributed by atoms with Crippen LogP contribution in [0.2, 0.25) is 5.02 Å². The van der Waals surface area contributed by atoms with Gasteiger partial charge in [0.2, 0.25) is 0 Å². The second-order valence-electron chi connectivity index (χ2n) is 4.39. The van der Waals surface area contributed by atoms with Crippen molar-refractivity contribution in [1.29, 1.82) is 0 Å². The summed E-state index contributed by atoms with van der Waals surface area (Å²) >= 11 is 7.40. The number of carbonyl (C=O) groups excluding carboxylic acids is 2. The van der Waals surface area contributed by atoms with Gasteiger partial charge in [0.25, 0.3) is 5.91 Å². The molecule has 0 bridgehead atoms. The van der Waals surface area contributed by atoms with Gasteiger partial charge in [0.05, 0.1) is 4.90 Å². The molecular formula is C16H14ClNO3S. The van der Waals surface area contributed by atoms with Crippen LogP contribution in [0.5, 0.6) is 5.75 Å². The molecule has 2 rings (SSSR count). The van der Waals surface area contributed by atoms with Crippen LogP contribution in [-0.4, -0.2) is 18.9 Å². The molecule has 0 aliphatic carbocycles. The molecule has 0 unspecified atom stereocenters. The Kier molecular flexibility index (Phi) is 5.46. The number of rotatable bonds is 4. The van der Waals surface area contributed by atoms with E-state index in [-0.39, 0.29) is 11.9 Å². The largest absolute Gasteiger partial charge is 0.426 e. The predicted octanol–water partition coefficient (Wildman–Crippen LogP) is 3.78. The molecule has 1 amide bonds. The molecule has 0 atom stereocenters. The van der Waals surface area contributed by atoms with Gasteiger partial charge in [-0.15, -0.1) is 0 Å². The molecule has 114 valence electrons. The highest BCUT2D eigenvalue weighted by atomic mass is 35.5. The molecule has 4 nitrogen and oxygen atoms in total. The summed E-state index contributed by atoms with van der Waals surface area (Å²) in [5, 5.41) is 3.12. The lowest BCUT2D eigenvalue weighted by Gasteiger charge is -2.09. The van der Waals surface area contributed by atoms with Gasteiger partial charge in [-0.25, -0.2) is 0 Å². The Balaban J connectivity index is 2.24. The van der Waals surface area contributed by atoms with Crippen molar-refractivity contribution in [2.24, 2.45) is 0 Å². The van der Waals surface area contributed by atoms with Crippen LogP contribution in [0.1, 0.15) is 17.3 Å². The van der Waals surface area contributed by atoms with Gasteiger partial charge in [0.1, 0.15) is 5.75 Å². The van der Waals surface area contributed by atoms with E-state index in [1.165, 1.54) is 18.7 Å². The SMILES string of the molecule is CNC(=O)c1ccc(Sc2cc(Cl)ccc2OC(C)=O)cc1. The van der Waals surface area contributed by atoms with Crippen LogP contribution in [-0.2, 0) is 4.79 Å². The molecule has 0 fully saturated rings. The first-order valence-electron chi connectivity index (χ1n) is 6.47. The van der Waals surface area contributed by atoms with Gasteiger partial charge in [0, 0.05) is 29.5 Å². The summed E-state index contributed by atoms with van der Waals surface area (Å²) in [5.74, 6) is -0.0728. The Morgan fingerprint density at radius 3 is 2.41 bits per heavy atom. The van der Waals surface area contributed by atoms with Crippen molar-refractivity contribution in [2.75, 3.05) is 7.05 Å². The lowest BCUT2D eigenvalue weighted by Crippen LogP contribution is -2.17. The molecule has 1 N–H and O–H groups in total. The molecule has 2 aromatic rings. The normalized spacial score (nSPS) is 10.1. The number of ether oxygens (including phenoxy) is 1. The van der Waals surface area contributed by atoms with Crippen molar-refractivity contribution in [1.82, 2.24) is 5.32 Å². The van der Waals surface area contributed by atoms with Crippen LogP contribution in [0.3, 0.4) is 0 Å². The molecular weight excluding hydrogens is 322 g/mol. The van der Waals surface area contributed by atoms with E-state index in [4.69, 9.17) is 16.3 Å². The maximum Gasteiger partial charge on any atom is 0.308 e. The maximum atomic E-state index is 11.5. The van der Waals surface area contributed by atoms with E-state index < -0.39 is 0 Å². The van der Waals surface area contributed by atoms with Crippen LogP contribution in [0, 0.1) is 0 Å². The Morgan fingerprint density at radius 1 is 1.14 bits per heavy atom. The molecule has 22 heavy (non-hydrogen) atoms. The van der Waals surface area contributed by atoms with E-state index in [2.05, 4.69) is 5.32 Å². The van der Waals surface area contributed by atoms with Gasteiger partial charge in [-0.3, -0.25) is 9.59 Å². The monoisotopic (exact) mass is 335 g/mol. The van der Waals surface area contributed by atoms with Crippen molar-refractivity contribution in [3.8, 4) is 5.75 Å². The highest BCUT2D eigenvalue weighted by Gasteiger charge is 2.10. The van der Waals surface area contributed by atoms with Crippen molar-refractivity contribution < 1.29 is 14.3 Å². The van der Waals surface area contributed by atoms with Gasteiger partial charge >= 0.3 is 5.97 Å². The van der Waals surface area contributed by atoms with Gasteiger partial charge < -0.3 is 10.1 Å². The van der Waals surface area contributed by atoms with Crippen LogP contribution in [0.15, 0.2) is 52.3 Å². The Morgan fingerprint density at radius 2 is 1.82 bits per heavy atom. The fourth-order valence-corrected chi connectivity index (χ4v) is 2.91. The Bertz CT molecular complexity index is 701. The minimum Gasteiger partial charge on any atom is -0.426 e. The number of carbonyl (C=O) groups is 2. The summed E-state index contributed by atoms with van der Waals surface area (Å²) in [6.07, 6.45) is 0. The molecule has 0 aliphatic heterocycles. The number of hydrogen-bond donors (Lipinski definition) is 1. The molecule has 0 saturated carbocycles. The Hall–Kier alpha value is -1.98. The summed E-state index contributed by atoms with van der Waals surface area (Å²) in [5.41, 5.74) is 0.582. The summed E-state index contributed by atoms with van der Waals surface area (Å²) < 4.78 is 5.17. The predicted molar refractivity (Wildman–Crippen MR) is 86.7 cm³/mol. The number of halogens is 1. The summed E-state index contributed by atoms with van der Waals surface area (Å²) in [6.45, 7) is 1.35. The van der Waals surface area contributed by atoms with E-state index in [9.17, 15) is 9.59 Å². The highest BCUT2D eigenvalue weighted by Crippen LogP contribution is 2.37. The standard InChI is InChI=1S/C16H14ClNO3S/c1-10(19)21-14-8-5-12(17)9-15(14)22-13-6-3-11(4-7-13)16(20)18-2/h3-9H,1-2H3,(H,18,20).